The van der Waals surface area contributed by atoms with Gasteiger partial charge in [-0.05, 0) is 36.3 Å². The highest BCUT2D eigenvalue weighted by atomic mass is 32.1. The van der Waals surface area contributed by atoms with Gasteiger partial charge in [0.25, 0.3) is 0 Å². The van der Waals surface area contributed by atoms with E-state index in [-0.39, 0.29) is 17.7 Å². The van der Waals surface area contributed by atoms with Gasteiger partial charge in [0, 0.05) is 0 Å². The zero-order chi connectivity index (χ0) is 11.5. The van der Waals surface area contributed by atoms with Crippen LogP contribution < -0.4 is 0 Å². The summed E-state index contributed by atoms with van der Waals surface area (Å²) in [5.41, 5.74) is -0.263. The third kappa shape index (κ3) is 2.64. The highest BCUT2D eigenvalue weighted by molar-refractivity contribution is 7.78. The Bertz CT molecular complexity index is 406. The Labute approximate surface area is 90.6 Å². The quantitative estimate of drug-likeness (QED) is 0.553. The smallest absolute Gasteiger partial charge is 0.194 e. The number of thiocarbonyl (C=S) groups is 1. The maximum Gasteiger partial charge on any atom is 0.416 e. The average molecular weight is 231 g/mol. The van der Waals surface area contributed by atoms with Gasteiger partial charge >= 0.3 is 6.18 Å². The van der Waals surface area contributed by atoms with E-state index in [0.717, 1.165) is 6.07 Å². The fourth-order valence-electron chi connectivity index (χ4n) is 1.37. The van der Waals surface area contributed by atoms with E-state index in [1.165, 1.54) is 12.1 Å². The van der Waals surface area contributed by atoms with Crippen LogP contribution in [-0.4, -0.2) is 5.16 Å². The molecule has 1 nitrogen and oxygen atoms in total. The number of rotatable bonds is 2. The van der Waals surface area contributed by atoms with Gasteiger partial charge in [-0.25, -0.2) is 0 Å². The normalized spacial score (nSPS) is 10.9. The van der Waals surface area contributed by atoms with Crippen molar-refractivity contribution in [2.75, 3.05) is 0 Å². The second kappa shape index (κ2) is 4.55. The Kier molecular flexibility index (Phi) is 3.61. The number of nitrogens with zero attached hydrogens (tertiary/aromatic N) is 1. The van der Waals surface area contributed by atoms with Crippen LogP contribution in [0.5, 0.6) is 0 Å². The van der Waals surface area contributed by atoms with Crippen molar-refractivity contribution in [3.8, 4) is 0 Å². The van der Waals surface area contributed by atoms with Gasteiger partial charge in [0.05, 0.1) is 16.4 Å². The van der Waals surface area contributed by atoms with Gasteiger partial charge in [-0.2, -0.15) is 18.2 Å². The number of halogens is 3. The highest BCUT2D eigenvalue weighted by Gasteiger charge is 2.33. The predicted octanol–water partition coefficient (Wildman–Crippen LogP) is 4.00. The Morgan fingerprint density at radius 3 is 2.53 bits per heavy atom. The first-order valence-corrected chi connectivity index (χ1v) is 4.68. The van der Waals surface area contributed by atoms with E-state index in [1.807, 2.05) is 0 Å². The van der Waals surface area contributed by atoms with Gasteiger partial charge < -0.3 is 0 Å². The molecule has 1 aromatic rings. The zero-order valence-electron chi connectivity index (χ0n) is 7.93. The van der Waals surface area contributed by atoms with Crippen molar-refractivity contribution in [1.82, 2.24) is 0 Å². The zero-order valence-corrected chi connectivity index (χ0v) is 8.75. The number of hydrogen-bond donors (Lipinski definition) is 0. The molecule has 0 unspecified atom stereocenters. The number of aliphatic imine (C=N–C) groups is 1. The van der Waals surface area contributed by atoms with Crippen molar-refractivity contribution in [1.29, 1.82) is 0 Å². The summed E-state index contributed by atoms with van der Waals surface area (Å²) < 4.78 is 37.7. The van der Waals surface area contributed by atoms with Crippen LogP contribution in [0.25, 0.3) is 0 Å². The molecule has 80 valence electrons. The molecule has 0 spiro atoms. The van der Waals surface area contributed by atoms with E-state index in [0.29, 0.717) is 0 Å². The lowest BCUT2D eigenvalue weighted by Gasteiger charge is -2.12. The predicted molar refractivity (Wildman–Crippen MR) is 55.5 cm³/mol. The van der Waals surface area contributed by atoms with Crippen molar-refractivity contribution >= 4 is 23.1 Å². The second-order valence-corrected chi connectivity index (χ2v) is 3.04. The standard InChI is InChI=1S/C10H8F3NS/c1-2-7-8(10(11,12)13)4-3-5-9(7)14-6-15/h3-5H,2H2,1H3. The molecule has 0 bridgehead atoms. The molecule has 15 heavy (non-hydrogen) atoms. The van der Waals surface area contributed by atoms with Crippen LogP contribution in [0.2, 0.25) is 0 Å². The summed E-state index contributed by atoms with van der Waals surface area (Å²) in [7, 11) is 0. The fourth-order valence-corrected chi connectivity index (χ4v) is 1.46. The van der Waals surface area contributed by atoms with E-state index < -0.39 is 11.7 Å². The maximum absolute atomic E-state index is 12.6. The average Bonchev–Trinajstić information content (AvgIpc) is 2.16. The molecule has 0 aromatic heterocycles. The molecule has 1 rings (SSSR count). The van der Waals surface area contributed by atoms with E-state index >= 15 is 0 Å². The molecule has 0 aliphatic rings. The van der Waals surface area contributed by atoms with Crippen molar-refractivity contribution in [3.63, 3.8) is 0 Å². The van der Waals surface area contributed by atoms with Crippen molar-refractivity contribution in [3.05, 3.63) is 29.3 Å². The monoisotopic (exact) mass is 231 g/mol. The van der Waals surface area contributed by atoms with E-state index in [4.69, 9.17) is 0 Å². The highest BCUT2D eigenvalue weighted by Crippen LogP contribution is 2.36. The van der Waals surface area contributed by atoms with Crippen LogP contribution in [-0.2, 0) is 12.6 Å². The fraction of sp³-hybridized carbons (Fsp3) is 0.300. The first kappa shape index (κ1) is 11.9. The molecule has 0 amide bonds. The van der Waals surface area contributed by atoms with Crippen LogP contribution in [0, 0.1) is 0 Å². The summed E-state index contributed by atoms with van der Waals surface area (Å²) >= 11 is 4.38. The molecule has 1 aromatic carbocycles. The van der Waals surface area contributed by atoms with Gasteiger partial charge in [-0.1, -0.05) is 13.0 Å². The van der Waals surface area contributed by atoms with Crippen molar-refractivity contribution in [2.24, 2.45) is 4.99 Å². The number of isothiocyanates is 1. The van der Waals surface area contributed by atoms with Crippen LogP contribution in [0.4, 0.5) is 18.9 Å². The lowest BCUT2D eigenvalue weighted by Crippen LogP contribution is -2.08. The summed E-state index contributed by atoms with van der Waals surface area (Å²) in [6.07, 6.45) is -4.09. The van der Waals surface area contributed by atoms with Gasteiger partial charge in [0.15, 0.2) is 0 Å². The lowest BCUT2D eigenvalue weighted by atomic mass is 10.0. The second-order valence-electron chi connectivity index (χ2n) is 2.86. The molecule has 5 heteroatoms. The minimum absolute atomic E-state index is 0.155. The summed E-state index contributed by atoms with van der Waals surface area (Å²) in [5.74, 6) is 0. The molecule has 0 saturated heterocycles. The molecular formula is C10H8F3NS. The molecule has 0 aliphatic carbocycles. The molecule has 0 aliphatic heterocycles. The SMILES string of the molecule is CCc1c(N=C=S)cccc1C(F)(F)F. The van der Waals surface area contributed by atoms with Crippen LogP contribution in [0.1, 0.15) is 18.1 Å². The minimum Gasteiger partial charge on any atom is -0.194 e. The van der Waals surface area contributed by atoms with Crippen LogP contribution in [0.15, 0.2) is 23.2 Å². The first-order chi connectivity index (χ1) is 7.00. The molecule has 0 atom stereocenters. The van der Waals surface area contributed by atoms with Crippen LogP contribution >= 0.6 is 12.2 Å². The van der Waals surface area contributed by atoms with E-state index in [1.54, 1.807) is 6.92 Å². The summed E-state index contributed by atoms with van der Waals surface area (Å²) in [5, 5.41) is 2.08. The maximum atomic E-state index is 12.6. The van der Waals surface area contributed by atoms with E-state index in [9.17, 15) is 13.2 Å². The summed E-state index contributed by atoms with van der Waals surface area (Å²) in [6, 6.07) is 3.85. The number of hydrogen-bond acceptors (Lipinski definition) is 2. The first-order valence-electron chi connectivity index (χ1n) is 4.27. The Morgan fingerprint density at radius 1 is 1.40 bits per heavy atom. The Morgan fingerprint density at radius 2 is 2.07 bits per heavy atom. The summed E-state index contributed by atoms with van der Waals surface area (Å²) in [4.78, 5) is 3.62. The minimum atomic E-state index is -4.35. The largest absolute Gasteiger partial charge is 0.416 e. The lowest BCUT2D eigenvalue weighted by molar-refractivity contribution is -0.138. The van der Waals surface area contributed by atoms with Crippen molar-refractivity contribution < 1.29 is 13.2 Å². The number of alkyl halides is 3. The van der Waals surface area contributed by atoms with Gasteiger partial charge in [-0.3, -0.25) is 0 Å². The molecule has 0 heterocycles. The molecular weight excluding hydrogens is 223 g/mol. The van der Waals surface area contributed by atoms with Gasteiger partial charge in [-0.15, -0.1) is 0 Å². The topological polar surface area (TPSA) is 12.4 Å². The number of benzene rings is 1. The van der Waals surface area contributed by atoms with E-state index in [2.05, 4.69) is 22.4 Å². The molecule has 0 N–H and O–H groups in total. The molecule has 0 radical (unpaired) electrons. The third-order valence-corrected chi connectivity index (χ3v) is 2.07. The van der Waals surface area contributed by atoms with Gasteiger partial charge in [0.2, 0.25) is 0 Å². The Balaban J connectivity index is 3.41. The molecule has 0 saturated carbocycles. The Hall–Kier alpha value is -1.19. The van der Waals surface area contributed by atoms with Crippen LogP contribution in [0.3, 0.4) is 0 Å². The molecule has 0 fully saturated rings. The van der Waals surface area contributed by atoms with Gasteiger partial charge in [0.1, 0.15) is 0 Å². The summed E-state index contributed by atoms with van der Waals surface area (Å²) in [6.45, 7) is 1.65. The third-order valence-electron chi connectivity index (χ3n) is 1.98. The van der Waals surface area contributed by atoms with Crippen molar-refractivity contribution in [2.45, 2.75) is 19.5 Å².